The summed E-state index contributed by atoms with van der Waals surface area (Å²) in [6.45, 7) is 5.66. The van der Waals surface area contributed by atoms with E-state index >= 15 is 0 Å². The summed E-state index contributed by atoms with van der Waals surface area (Å²) in [7, 11) is 0. The molecule has 2 amide bonds. The number of ether oxygens (including phenoxy) is 2. The summed E-state index contributed by atoms with van der Waals surface area (Å²) in [6.07, 6.45) is 0. The Balaban J connectivity index is 1.94. The molecule has 7 nitrogen and oxygen atoms in total. The Kier molecular flexibility index (Phi) is 7.78. The predicted octanol–water partition coefficient (Wildman–Crippen LogP) is 5.28. The summed E-state index contributed by atoms with van der Waals surface area (Å²) in [5, 5.41) is 5.61. The Morgan fingerprint density at radius 3 is 2.30 bits per heavy atom. The smallest absolute Gasteiger partial charge is 0.341 e. The molecule has 1 aromatic heterocycles. The van der Waals surface area contributed by atoms with Gasteiger partial charge in [-0.05, 0) is 62.7 Å². The highest BCUT2D eigenvalue weighted by Gasteiger charge is 2.27. The lowest BCUT2D eigenvalue weighted by Crippen LogP contribution is -2.15. The van der Waals surface area contributed by atoms with Gasteiger partial charge in [-0.1, -0.05) is 12.1 Å². The van der Waals surface area contributed by atoms with E-state index in [2.05, 4.69) is 10.6 Å². The number of rotatable bonds is 8. The van der Waals surface area contributed by atoms with E-state index < -0.39 is 23.6 Å². The second kappa shape index (κ2) is 10.7. The molecule has 0 bridgehead atoms. The number of anilines is 2. The van der Waals surface area contributed by atoms with E-state index in [9.17, 15) is 18.8 Å². The van der Waals surface area contributed by atoms with Gasteiger partial charge in [0.2, 0.25) is 0 Å². The van der Waals surface area contributed by atoms with E-state index in [1.165, 1.54) is 12.1 Å². The molecular weight excluding hydrogens is 447 g/mol. The molecule has 0 radical (unpaired) electrons. The third-order valence-corrected chi connectivity index (χ3v) is 5.81. The van der Waals surface area contributed by atoms with E-state index in [4.69, 9.17) is 9.47 Å². The maximum Gasteiger partial charge on any atom is 0.341 e. The zero-order valence-electron chi connectivity index (χ0n) is 18.4. The van der Waals surface area contributed by atoms with Gasteiger partial charge < -0.3 is 20.1 Å². The molecule has 172 valence electrons. The van der Waals surface area contributed by atoms with Gasteiger partial charge in [0.1, 0.15) is 16.6 Å². The van der Waals surface area contributed by atoms with Crippen LogP contribution in [0, 0.1) is 12.7 Å². The van der Waals surface area contributed by atoms with E-state index in [1.807, 2.05) is 6.92 Å². The van der Waals surface area contributed by atoms with Crippen molar-refractivity contribution in [2.75, 3.05) is 23.8 Å². The van der Waals surface area contributed by atoms with E-state index in [-0.39, 0.29) is 27.6 Å². The molecule has 0 unspecified atom stereocenters. The number of carbonyl (C=O) groups is 3. The van der Waals surface area contributed by atoms with Crippen LogP contribution < -0.4 is 15.4 Å². The standard InChI is InChI=1S/C24H23FN2O5S/c1-4-31-18-9-7-6-8-17(18)26-22(29)20-14(3)19(24(30)32-5-2)23(33-20)27-21(28)15-10-12-16(25)13-11-15/h6-13H,4-5H2,1-3H3,(H,26,29)(H,27,28). The van der Waals surface area contributed by atoms with Crippen LogP contribution in [0.3, 0.4) is 0 Å². The number of amides is 2. The second-order valence-corrected chi connectivity index (χ2v) is 7.85. The molecule has 33 heavy (non-hydrogen) atoms. The lowest BCUT2D eigenvalue weighted by molar-refractivity contribution is 0.0527. The number of esters is 1. The summed E-state index contributed by atoms with van der Waals surface area (Å²) in [5.41, 5.74) is 1.15. The third kappa shape index (κ3) is 5.56. The van der Waals surface area contributed by atoms with Crippen LogP contribution in [-0.2, 0) is 4.74 Å². The van der Waals surface area contributed by atoms with Crippen LogP contribution in [0.15, 0.2) is 48.5 Å². The molecule has 0 spiro atoms. The maximum atomic E-state index is 13.2. The molecule has 0 fully saturated rings. The van der Waals surface area contributed by atoms with Crippen LogP contribution in [0.25, 0.3) is 0 Å². The number of hydrogen-bond acceptors (Lipinski definition) is 6. The zero-order chi connectivity index (χ0) is 24.0. The van der Waals surface area contributed by atoms with Crippen LogP contribution in [0.1, 0.15) is 49.8 Å². The van der Waals surface area contributed by atoms with Crippen LogP contribution in [-0.4, -0.2) is 31.0 Å². The molecular formula is C24H23FN2O5S. The number of halogens is 1. The van der Waals surface area contributed by atoms with Crippen LogP contribution in [0.2, 0.25) is 0 Å². The first-order chi connectivity index (χ1) is 15.8. The Hall–Kier alpha value is -3.72. The maximum absolute atomic E-state index is 13.2. The van der Waals surface area contributed by atoms with Gasteiger partial charge in [-0.3, -0.25) is 9.59 Å². The molecule has 2 aromatic carbocycles. The normalized spacial score (nSPS) is 10.4. The first-order valence-electron chi connectivity index (χ1n) is 10.3. The van der Waals surface area contributed by atoms with Gasteiger partial charge in [0.15, 0.2) is 0 Å². The predicted molar refractivity (Wildman–Crippen MR) is 125 cm³/mol. The fraction of sp³-hybridized carbons (Fsp3) is 0.208. The summed E-state index contributed by atoms with van der Waals surface area (Å²) in [4.78, 5) is 38.6. The molecule has 0 aliphatic carbocycles. The summed E-state index contributed by atoms with van der Waals surface area (Å²) in [6, 6.07) is 12.0. The van der Waals surface area contributed by atoms with Crippen molar-refractivity contribution >= 4 is 39.8 Å². The molecule has 0 saturated carbocycles. The lowest BCUT2D eigenvalue weighted by atomic mass is 10.1. The average molecular weight is 471 g/mol. The number of hydrogen-bond donors (Lipinski definition) is 2. The second-order valence-electron chi connectivity index (χ2n) is 6.83. The van der Waals surface area contributed by atoms with Gasteiger partial charge >= 0.3 is 5.97 Å². The SMILES string of the molecule is CCOC(=O)c1c(NC(=O)c2ccc(F)cc2)sc(C(=O)Nc2ccccc2OCC)c1C. The molecule has 9 heteroatoms. The Bertz CT molecular complexity index is 1170. The van der Waals surface area contributed by atoms with Gasteiger partial charge in [0.25, 0.3) is 11.8 Å². The highest BCUT2D eigenvalue weighted by Crippen LogP contribution is 2.35. The Labute approximate surface area is 194 Å². The molecule has 0 saturated heterocycles. The van der Waals surface area contributed by atoms with Crippen molar-refractivity contribution in [3.05, 3.63) is 75.9 Å². The van der Waals surface area contributed by atoms with Crippen LogP contribution in [0.4, 0.5) is 15.1 Å². The number of nitrogens with one attached hydrogen (secondary N) is 2. The van der Waals surface area contributed by atoms with E-state index in [0.717, 1.165) is 23.5 Å². The highest BCUT2D eigenvalue weighted by atomic mass is 32.1. The molecule has 0 aliphatic rings. The topological polar surface area (TPSA) is 93.7 Å². The number of benzene rings is 2. The van der Waals surface area contributed by atoms with Crippen molar-refractivity contribution in [3.8, 4) is 5.75 Å². The molecule has 0 atom stereocenters. The molecule has 3 rings (SSSR count). The number of para-hydroxylation sites is 2. The molecule has 2 N–H and O–H groups in total. The van der Waals surface area contributed by atoms with Crippen LogP contribution in [0.5, 0.6) is 5.75 Å². The van der Waals surface area contributed by atoms with Crippen molar-refractivity contribution in [1.82, 2.24) is 0 Å². The fourth-order valence-corrected chi connectivity index (χ4v) is 4.16. The number of thiophene rings is 1. The zero-order valence-corrected chi connectivity index (χ0v) is 19.2. The lowest BCUT2D eigenvalue weighted by Gasteiger charge is -2.11. The van der Waals surface area contributed by atoms with Gasteiger partial charge in [-0.15, -0.1) is 11.3 Å². The van der Waals surface area contributed by atoms with Crippen molar-refractivity contribution < 1.29 is 28.2 Å². The quantitative estimate of drug-likeness (QED) is 0.437. The number of carbonyl (C=O) groups excluding carboxylic acids is 3. The molecule has 0 aliphatic heterocycles. The van der Waals surface area contributed by atoms with Crippen molar-refractivity contribution in [2.24, 2.45) is 0 Å². The minimum Gasteiger partial charge on any atom is -0.492 e. The molecule has 3 aromatic rings. The summed E-state index contributed by atoms with van der Waals surface area (Å²) in [5.74, 6) is -1.63. The van der Waals surface area contributed by atoms with Crippen molar-refractivity contribution in [1.29, 1.82) is 0 Å². The third-order valence-electron chi connectivity index (χ3n) is 4.60. The van der Waals surface area contributed by atoms with Gasteiger partial charge in [-0.2, -0.15) is 0 Å². The monoisotopic (exact) mass is 470 g/mol. The van der Waals surface area contributed by atoms with E-state index in [1.54, 1.807) is 38.1 Å². The largest absolute Gasteiger partial charge is 0.492 e. The van der Waals surface area contributed by atoms with Crippen LogP contribution >= 0.6 is 11.3 Å². The first kappa shape index (κ1) is 23.9. The van der Waals surface area contributed by atoms with Crippen molar-refractivity contribution in [3.63, 3.8) is 0 Å². The van der Waals surface area contributed by atoms with Crippen molar-refractivity contribution in [2.45, 2.75) is 20.8 Å². The minimum absolute atomic E-state index is 0.0977. The fourth-order valence-electron chi connectivity index (χ4n) is 3.07. The minimum atomic E-state index is -0.658. The average Bonchev–Trinajstić information content (AvgIpc) is 3.11. The van der Waals surface area contributed by atoms with Gasteiger partial charge in [0, 0.05) is 5.56 Å². The summed E-state index contributed by atoms with van der Waals surface area (Å²) >= 11 is 0.953. The molecule has 1 heterocycles. The Morgan fingerprint density at radius 2 is 1.64 bits per heavy atom. The highest BCUT2D eigenvalue weighted by molar-refractivity contribution is 7.19. The van der Waals surface area contributed by atoms with Gasteiger partial charge in [0.05, 0.1) is 29.3 Å². The van der Waals surface area contributed by atoms with E-state index in [0.29, 0.717) is 23.6 Å². The Morgan fingerprint density at radius 1 is 0.939 bits per heavy atom. The van der Waals surface area contributed by atoms with Gasteiger partial charge in [-0.25, -0.2) is 9.18 Å². The first-order valence-corrected chi connectivity index (χ1v) is 11.1. The summed E-state index contributed by atoms with van der Waals surface area (Å²) < 4.78 is 23.9.